The summed E-state index contributed by atoms with van der Waals surface area (Å²) in [5, 5.41) is 0. The molecule has 9 heteroatoms. The van der Waals surface area contributed by atoms with Crippen molar-refractivity contribution >= 4 is 21.9 Å². The maximum absolute atomic E-state index is 12.7. The maximum Gasteiger partial charge on any atom is 0.282 e. The summed E-state index contributed by atoms with van der Waals surface area (Å²) in [4.78, 5) is 23.6. The minimum Gasteiger partial charge on any atom is -0.296 e. The molecule has 3 rings (SSSR count). The van der Waals surface area contributed by atoms with Crippen molar-refractivity contribution in [1.29, 1.82) is 0 Å². The molecule has 1 fully saturated rings. The average Bonchev–Trinajstić information content (AvgIpc) is 3.07. The fourth-order valence-electron chi connectivity index (χ4n) is 3.79. The SMILES string of the molecule is Cc1nc([C@H]2CCCN2S(=O)(=O)N(C)C)nc2c1CCC(=O)N2CC(C)C. The Bertz CT molecular complexity index is 838. The molecule has 0 radical (unpaired) electrons. The second kappa shape index (κ2) is 7.44. The lowest BCUT2D eigenvalue weighted by Crippen LogP contribution is -2.41. The Morgan fingerprint density at radius 1 is 1.22 bits per heavy atom. The fraction of sp³-hybridized carbons (Fsp3) is 0.722. The van der Waals surface area contributed by atoms with Crippen molar-refractivity contribution in [2.45, 2.75) is 52.5 Å². The van der Waals surface area contributed by atoms with Crippen molar-refractivity contribution in [3.8, 4) is 0 Å². The first-order valence-corrected chi connectivity index (χ1v) is 10.9. The molecular formula is C18H29N5O3S. The van der Waals surface area contributed by atoms with Gasteiger partial charge < -0.3 is 0 Å². The molecule has 1 atom stereocenters. The molecule has 3 heterocycles. The molecular weight excluding hydrogens is 366 g/mol. The van der Waals surface area contributed by atoms with Crippen LogP contribution in [0.3, 0.4) is 0 Å². The Morgan fingerprint density at radius 2 is 1.93 bits per heavy atom. The van der Waals surface area contributed by atoms with E-state index >= 15 is 0 Å². The molecule has 1 aromatic heterocycles. The van der Waals surface area contributed by atoms with Crippen LogP contribution >= 0.6 is 0 Å². The number of rotatable bonds is 5. The Morgan fingerprint density at radius 3 is 2.56 bits per heavy atom. The summed E-state index contributed by atoms with van der Waals surface area (Å²) in [5.41, 5.74) is 1.84. The average molecular weight is 396 g/mol. The number of carbonyl (C=O) groups excluding carboxylic acids is 1. The molecule has 150 valence electrons. The first-order chi connectivity index (χ1) is 12.6. The highest BCUT2D eigenvalue weighted by molar-refractivity contribution is 7.86. The van der Waals surface area contributed by atoms with Crippen LogP contribution in [0.2, 0.25) is 0 Å². The molecule has 1 aromatic rings. The smallest absolute Gasteiger partial charge is 0.282 e. The molecule has 0 bridgehead atoms. The van der Waals surface area contributed by atoms with E-state index < -0.39 is 10.2 Å². The highest BCUT2D eigenvalue weighted by Crippen LogP contribution is 2.36. The third-order valence-corrected chi connectivity index (χ3v) is 7.11. The van der Waals surface area contributed by atoms with E-state index in [1.54, 1.807) is 4.90 Å². The van der Waals surface area contributed by atoms with Gasteiger partial charge in [-0.1, -0.05) is 13.8 Å². The number of carbonyl (C=O) groups is 1. The molecule has 0 saturated carbocycles. The van der Waals surface area contributed by atoms with Gasteiger partial charge in [-0.3, -0.25) is 9.69 Å². The van der Waals surface area contributed by atoms with E-state index in [1.807, 2.05) is 6.92 Å². The first kappa shape index (κ1) is 20.2. The number of hydrogen-bond donors (Lipinski definition) is 0. The highest BCUT2D eigenvalue weighted by Gasteiger charge is 2.39. The molecule has 1 amide bonds. The summed E-state index contributed by atoms with van der Waals surface area (Å²) in [6.07, 6.45) is 2.56. The van der Waals surface area contributed by atoms with E-state index in [9.17, 15) is 13.2 Å². The topological polar surface area (TPSA) is 86.7 Å². The van der Waals surface area contributed by atoms with Gasteiger partial charge in [0.25, 0.3) is 10.2 Å². The monoisotopic (exact) mass is 395 g/mol. The molecule has 0 aliphatic carbocycles. The molecule has 8 nitrogen and oxygen atoms in total. The summed E-state index contributed by atoms with van der Waals surface area (Å²) >= 11 is 0. The standard InChI is InChI=1S/C18H29N5O3S/c1-12(2)11-22-16(24)9-8-14-13(3)19-17(20-18(14)22)15-7-6-10-23(15)27(25,26)21(4)5/h12,15H,6-11H2,1-5H3/t15-/m1/s1. The second-order valence-electron chi connectivity index (χ2n) is 7.93. The summed E-state index contributed by atoms with van der Waals surface area (Å²) in [7, 11) is -0.476. The van der Waals surface area contributed by atoms with Gasteiger partial charge in [0.05, 0.1) is 6.04 Å². The van der Waals surface area contributed by atoms with Crippen LogP contribution in [0.5, 0.6) is 0 Å². The van der Waals surface area contributed by atoms with E-state index in [1.165, 1.54) is 22.7 Å². The molecule has 0 spiro atoms. The van der Waals surface area contributed by atoms with E-state index in [0.717, 1.165) is 17.7 Å². The maximum atomic E-state index is 12.7. The summed E-state index contributed by atoms with van der Waals surface area (Å²) in [6.45, 7) is 7.12. The van der Waals surface area contributed by atoms with Crippen molar-refractivity contribution in [3.63, 3.8) is 0 Å². The van der Waals surface area contributed by atoms with E-state index in [-0.39, 0.29) is 11.9 Å². The van der Waals surface area contributed by atoms with E-state index in [4.69, 9.17) is 4.98 Å². The minimum absolute atomic E-state index is 0.0736. The lowest BCUT2D eigenvalue weighted by molar-refractivity contribution is -0.119. The zero-order chi connectivity index (χ0) is 19.9. The number of fused-ring (bicyclic) bond motifs is 1. The molecule has 1 saturated heterocycles. The van der Waals surface area contributed by atoms with Gasteiger partial charge in [-0.2, -0.15) is 17.0 Å². The molecule has 0 N–H and O–H groups in total. The van der Waals surface area contributed by atoms with Gasteiger partial charge in [-0.15, -0.1) is 0 Å². The number of anilines is 1. The number of hydrogen-bond acceptors (Lipinski definition) is 5. The van der Waals surface area contributed by atoms with Crippen molar-refractivity contribution in [3.05, 3.63) is 17.1 Å². The van der Waals surface area contributed by atoms with Gasteiger partial charge in [0.2, 0.25) is 5.91 Å². The quantitative estimate of drug-likeness (QED) is 0.757. The largest absolute Gasteiger partial charge is 0.296 e. The van der Waals surface area contributed by atoms with Crippen LogP contribution in [-0.4, -0.2) is 60.1 Å². The predicted molar refractivity (Wildman–Crippen MR) is 104 cm³/mol. The summed E-state index contributed by atoms with van der Waals surface area (Å²) < 4.78 is 28.1. The van der Waals surface area contributed by atoms with Crippen molar-refractivity contribution < 1.29 is 13.2 Å². The fourth-order valence-corrected chi connectivity index (χ4v) is 5.09. The lowest BCUT2D eigenvalue weighted by atomic mass is 10.0. The van der Waals surface area contributed by atoms with Gasteiger partial charge in [-0.05, 0) is 32.1 Å². The summed E-state index contributed by atoms with van der Waals surface area (Å²) in [6, 6.07) is -0.390. The number of aromatic nitrogens is 2. The van der Waals surface area contributed by atoms with Crippen LogP contribution in [0.25, 0.3) is 0 Å². The Kier molecular flexibility index (Phi) is 5.56. The number of aryl methyl sites for hydroxylation is 1. The molecule has 0 aromatic carbocycles. The molecule has 0 unspecified atom stereocenters. The van der Waals surface area contributed by atoms with Gasteiger partial charge in [0, 0.05) is 44.9 Å². The third-order valence-electron chi connectivity index (χ3n) is 5.16. The Labute approximate surface area is 161 Å². The van der Waals surface area contributed by atoms with Crippen LogP contribution in [0.1, 0.15) is 56.2 Å². The number of amides is 1. The van der Waals surface area contributed by atoms with Crippen molar-refractivity contribution in [1.82, 2.24) is 18.6 Å². The second-order valence-corrected chi connectivity index (χ2v) is 10.0. The first-order valence-electron chi connectivity index (χ1n) is 9.50. The van der Waals surface area contributed by atoms with Crippen molar-refractivity contribution in [2.75, 3.05) is 32.1 Å². The van der Waals surface area contributed by atoms with Crippen LogP contribution in [0.15, 0.2) is 0 Å². The normalized spacial score (nSPS) is 21.4. The molecule has 2 aliphatic heterocycles. The predicted octanol–water partition coefficient (Wildman–Crippen LogP) is 1.66. The lowest BCUT2D eigenvalue weighted by Gasteiger charge is -2.32. The summed E-state index contributed by atoms with van der Waals surface area (Å²) in [5.74, 6) is 1.55. The van der Waals surface area contributed by atoms with E-state index in [0.29, 0.717) is 49.9 Å². The van der Waals surface area contributed by atoms with Crippen LogP contribution in [-0.2, 0) is 21.4 Å². The zero-order valence-corrected chi connectivity index (χ0v) is 17.6. The highest BCUT2D eigenvalue weighted by atomic mass is 32.2. The van der Waals surface area contributed by atoms with E-state index in [2.05, 4.69) is 18.8 Å². The van der Waals surface area contributed by atoms with Crippen molar-refractivity contribution in [2.24, 2.45) is 5.92 Å². The van der Waals surface area contributed by atoms with Crippen LogP contribution in [0, 0.1) is 12.8 Å². The van der Waals surface area contributed by atoms with Gasteiger partial charge in [0.1, 0.15) is 11.6 Å². The molecule has 2 aliphatic rings. The molecule has 27 heavy (non-hydrogen) atoms. The van der Waals surface area contributed by atoms with Crippen LogP contribution in [0.4, 0.5) is 5.82 Å². The van der Waals surface area contributed by atoms with Gasteiger partial charge in [-0.25, -0.2) is 9.97 Å². The van der Waals surface area contributed by atoms with Gasteiger partial charge >= 0.3 is 0 Å². The third kappa shape index (κ3) is 3.72. The Hall–Kier alpha value is -1.58. The number of nitrogens with zero attached hydrogens (tertiary/aromatic N) is 5. The zero-order valence-electron chi connectivity index (χ0n) is 16.8. The van der Waals surface area contributed by atoms with Gasteiger partial charge in [0.15, 0.2) is 0 Å². The van der Waals surface area contributed by atoms with Crippen LogP contribution < -0.4 is 4.90 Å². The minimum atomic E-state index is -3.55. The Balaban J connectivity index is 2.04.